The predicted octanol–water partition coefficient (Wildman–Crippen LogP) is 4.25. The molecule has 0 aliphatic heterocycles. The van der Waals surface area contributed by atoms with Gasteiger partial charge in [-0.1, -0.05) is 17.7 Å². The number of aromatic nitrogens is 1. The number of rotatable bonds is 6. The smallest absolute Gasteiger partial charge is 0.417 e. The standard InChI is InChI=1S/C19H19ClF3N3O2/c1-25(2)7-6-24-18(27)16-10-17-15(5-8-28-17)26(16)11-12-3-4-14(20)13(9-12)19(21,22)23/h3-5,8-10H,6-7,11H2,1-2H3,(H,24,27). The fourth-order valence-corrected chi connectivity index (χ4v) is 3.11. The van der Waals surface area contributed by atoms with Crippen molar-refractivity contribution < 1.29 is 22.4 Å². The fourth-order valence-electron chi connectivity index (χ4n) is 2.89. The maximum atomic E-state index is 13.1. The van der Waals surface area contributed by atoms with Gasteiger partial charge in [0.15, 0.2) is 5.58 Å². The Balaban J connectivity index is 1.92. The van der Waals surface area contributed by atoms with Crippen LogP contribution in [0.1, 0.15) is 21.6 Å². The number of nitrogens with zero attached hydrogens (tertiary/aromatic N) is 2. The van der Waals surface area contributed by atoms with Crippen molar-refractivity contribution in [2.45, 2.75) is 12.7 Å². The van der Waals surface area contributed by atoms with E-state index in [1.54, 1.807) is 16.7 Å². The molecule has 28 heavy (non-hydrogen) atoms. The molecular weight excluding hydrogens is 395 g/mol. The number of furan rings is 1. The predicted molar refractivity (Wildman–Crippen MR) is 101 cm³/mol. The van der Waals surface area contributed by atoms with Crippen molar-refractivity contribution >= 4 is 28.6 Å². The first kappa shape index (κ1) is 20.3. The van der Waals surface area contributed by atoms with Crippen LogP contribution in [0.5, 0.6) is 0 Å². The van der Waals surface area contributed by atoms with E-state index < -0.39 is 11.7 Å². The molecule has 0 bridgehead atoms. The molecule has 3 rings (SSSR count). The second kappa shape index (κ2) is 7.89. The Morgan fingerprint density at radius 3 is 2.68 bits per heavy atom. The third-order valence-electron chi connectivity index (χ3n) is 4.28. The second-order valence-corrected chi connectivity index (χ2v) is 7.06. The molecule has 0 fully saturated rings. The number of benzene rings is 1. The van der Waals surface area contributed by atoms with E-state index in [1.807, 2.05) is 19.0 Å². The molecular formula is C19H19ClF3N3O2. The summed E-state index contributed by atoms with van der Waals surface area (Å²) in [7, 11) is 3.78. The molecule has 2 heterocycles. The minimum absolute atomic E-state index is 0.0692. The lowest BCUT2D eigenvalue weighted by atomic mass is 10.1. The molecule has 0 aliphatic rings. The van der Waals surface area contributed by atoms with E-state index in [1.165, 1.54) is 18.4 Å². The number of hydrogen-bond acceptors (Lipinski definition) is 3. The van der Waals surface area contributed by atoms with Gasteiger partial charge >= 0.3 is 6.18 Å². The lowest BCUT2D eigenvalue weighted by molar-refractivity contribution is -0.137. The summed E-state index contributed by atoms with van der Waals surface area (Å²) in [4.78, 5) is 14.5. The van der Waals surface area contributed by atoms with Gasteiger partial charge in [-0.05, 0) is 31.8 Å². The zero-order valence-electron chi connectivity index (χ0n) is 15.3. The third-order valence-corrected chi connectivity index (χ3v) is 4.61. The minimum atomic E-state index is -4.55. The van der Waals surface area contributed by atoms with Crippen molar-refractivity contribution in [3.8, 4) is 0 Å². The quantitative estimate of drug-likeness (QED) is 0.657. The Labute approximate surface area is 164 Å². The van der Waals surface area contributed by atoms with Crippen molar-refractivity contribution in [3.63, 3.8) is 0 Å². The Morgan fingerprint density at radius 2 is 2.00 bits per heavy atom. The average molecular weight is 414 g/mol. The summed E-state index contributed by atoms with van der Waals surface area (Å²) >= 11 is 5.69. The van der Waals surface area contributed by atoms with Gasteiger partial charge in [-0.3, -0.25) is 4.79 Å². The highest BCUT2D eigenvalue weighted by atomic mass is 35.5. The maximum absolute atomic E-state index is 13.1. The SMILES string of the molecule is CN(C)CCNC(=O)c1cc2occc2n1Cc1ccc(Cl)c(C(F)(F)F)c1. The number of alkyl halides is 3. The third kappa shape index (κ3) is 4.34. The summed E-state index contributed by atoms with van der Waals surface area (Å²) < 4.78 is 46.4. The topological polar surface area (TPSA) is 50.4 Å². The lowest BCUT2D eigenvalue weighted by Gasteiger charge is -2.14. The van der Waals surface area contributed by atoms with Crippen LogP contribution in [0.2, 0.25) is 5.02 Å². The molecule has 0 saturated carbocycles. The summed E-state index contributed by atoms with van der Waals surface area (Å²) in [6.07, 6.45) is -3.08. The van der Waals surface area contributed by atoms with Crippen molar-refractivity contribution in [1.29, 1.82) is 0 Å². The van der Waals surface area contributed by atoms with E-state index >= 15 is 0 Å². The van der Waals surface area contributed by atoms with E-state index in [0.717, 1.165) is 6.07 Å². The first-order valence-electron chi connectivity index (χ1n) is 8.52. The number of carbonyl (C=O) groups is 1. The van der Waals surface area contributed by atoms with Gasteiger partial charge in [-0.2, -0.15) is 13.2 Å². The van der Waals surface area contributed by atoms with E-state index in [4.69, 9.17) is 16.0 Å². The molecule has 9 heteroatoms. The van der Waals surface area contributed by atoms with Crippen molar-refractivity contribution in [2.75, 3.05) is 27.2 Å². The molecule has 0 radical (unpaired) electrons. The Kier molecular flexibility index (Phi) is 5.71. The summed E-state index contributed by atoms with van der Waals surface area (Å²) in [5, 5.41) is 2.45. The van der Waals surface area contributed by atoms with Gasteiger partial charge < -0.3 is 19.2 Å². The van der Waals surface area contributed by atoms with Crippen LogP contribution < -0.4 is 5.32 Å². The highest BCUT2D eigenvalue weighted by Gasteiger charge is 2.33. The molecule has 1 N–H and O–H groups in total. The number of likely N-dealkylation sites (N-methyl/N-ethyl adjacent to an activating group) is 1. The van der Waals surface area contributed by atoms with Crippen LogP contribution >= 0.6 is 11.6 Å². The van der Waals surface area contributed by atoms with E-state index in [9.17, 15) is 18.0 Å². The lowest BCUT2D eigenvalue weighted by Crippen LogP contribution is -2.32. The van der Waals surface area contributed by atoms with Gasteiger partial charge in [-0.15, -0.1) is 0 Å². The van der Waals surface area contributed by atoms with Gasteiger partial charge in [0, 0.05) is 31.8 Å². The van der Waals surface area contributed by atoms with Crippen LogP contribution in [0.15, 0.2) is 41.0 Å². The van der Waals surface area contributed by atoms with E-state index in [2.05, 4.69) is 5.32 Å². The largest absolute Gasteiger partial charge is 0.463 e. The summed E-state index contributed by atoms with van der Waals surface area (Å²) in [6, 6.07) is 6.99. The van der Waals surface area contributed by atoms with E-state index in [0.29, 0.717) is 35.4 Å². The first-order chi connectivity index (χ1) is 13.2. The van der Waals surface area contributed by atoms with Crippen LogP contribution in [0.3, 0.4) is 0 Å². The summed E-state index contributed by atoms with van der Waals surface area (Å²) in [5.41, 5.74) is 0.901. The van der Waals surface area contributed by atoms with Crippen LogP contribution in [0, 0.1) is 0 Å². The molecule has 0 unspecified atom stereocenters. The van der Waals surface area contributed by atoms with Crippen LogP contribution in [-0.2, 0) is 12.7 Å². The van der Waals surface area contributed by atoms with Crippen molar-refractivity contribution in [1.82, 2.24) is 14.8 Å². The van der Waals surface area contributed by atoms with Crippen molar-refractivity contribution in [3.05, 3.63) is 58.4 Å². The molecule has 3 aromatic rings. The monoisotopic (exact) mass is 413 g/mol. The van der Waals surface area contributed by atoms with Gasteiger partial charge in [0.25, 0.3) is 5.91 Å². The van der Waals surface area contributed by atoms with Gasteiger partial charge in [0.1, 0.15) is 5.69 Å². The van der Waals surface area contributed by atoms with Crippen LogP contribution in [-0.4, -0.2) is 42.6 Å². The Bertz CT molecular complexity index is 992. The Morgan fingerprint density at radius 1 is 1.25 bits per heavy atom. The van der Waals surface area contributed by atoms with Crippen molar-refractivity contribution in [2.24, 2.45) is 0 Å². The minimum Gasteiger partial charge on any atom is -0.463 e. The highest BCUT2D eigenvalue weighted by Crippen LogP contribution is 2.35. The molecule has 1 amide bonds. The highest BCUT2D eigenvalue weighted by molar-refractivity contribution is 6.31. The number of nitrogens with one attached hydrogen (secondary N) is 1. The van der Waals surface area contributed by atoms with Crippen LogP contribution in [0.25, 0.3) is 11.1 Å². The number of carbonyl (C=O) groups excluding carboxylic acids is 1. The number of hydrogen-bond donors (Lipinski definition) is 1. The summed E-state index contributed by atoms with van der Waals surface area (Å²) in [5.74, 6) is -0.321. The summed E-state index contributed by atoms with van der Waals surface area (Å²) in [6.45, 7) is 1.17. The number of halogens is 4. The second-order valence-electron chi connectivity index (χ2n) is 6.66. The molecule has 0 spiro atoms. The van der Waals surface area contributed by atoms with Crippen LogP contribution in [0.4, 0.5) is 13.2 Å². The molecule has 1 aromatic carbocycles. The zero-order chi connectivity index (χ0) is 20.5. The van der Waals surface area contributed by atoms with E-state index in [-0.39, 0.29) is 17.5 Å². The molecule has 0 saturated heterocycles. The zero-order valence-corrected chi connectivity index (χ0v) is 16.1. The van der Waals surface area contributed by atoms with Gasteiger partial charge in [0.2, 0.25) is 0 Å². The fraction of sp³-hybridized carbons (Fsp3) is 0.316. The van der Waals surface area contributed by atoms with Gasteiger partial charge in [0.05, 0.1) is 22.4 Å². The molecule has 5 nitrogen and oxygen atoms in total. The average Bonchev–Trinajstić information content (AvgIpc) is 3.17. The molecule has 0 aliphatic carbocycles. The maximum Gasteiger partial charge on any atom is 0.417 e. The normalized spacial score (nSPS) is 12.1. The first-order valence-corrected chi connectivity index (χ1v) is 8.90. The number of fused-ring (bicyclic) bond motifs is 1. The molecule has 2 aromatic heterocycles. The molecule has 150 valence electrons. The Hall–Kier alpha value is -2.45. The molecule has 0 atom stereocenters. The van der Waals surface area contributed by atoms with Gasteiger partial charge in [-0.25, -0.2) is 0 Å². The number of amides is 1.